The Hall–Kier alpha value is -0.890. The van der Waals surface area contributed by atoms with Crippen molar-refractivity contribution in [3.63, 3.8) is 0 Å². The summed E-state index contributed by atoms with van der Waals surface area (Å²) in [5.74, 6) is 1.66. The number of hydrogen-bond acceptors (Lipinski definition) is 5. The Morgan fingerprint density at radius 3 is 2.89 bits per heavy atom. The van der Waals surface area contributed by atoms with Crippen LogP contribution < -0.4 is 10.6 Å². The molecule has 1 aromatic heterocycles. The van der Waals surface area contributed by atoms with Crippen LogP contribution in [-0.4, -0.2) is 63.8 Å². The molecule has 4 atom stereocenters. The van der Waals surface area contributed by atoms with Crippen LogP contribution in [0.1, 0.15) is 38.5 Å². The number of amides is 1. The molecule has 0 aromatic carbocycles. The van der Waals surface area contributed by atoms with E-state index in [-0.39, 0.29) is 30.7 Å². The van der Waals surface area contributed by atoms with E-state index in [1.807, 2.05) is 0 Å². The molecule has 27 heavy (non-hydrogen) atoms. The van der Waals surface area contributed by atoms with Crippen molar-refractivity contribution < 1.29 is 4.79 Å². The molecule has 0 saturated carbocycles. The van der Waals surface area contributed by atoms with Crippen LogP contribution in [0, 0.1) is 11.8 Å². The summed E-state index contributed by atoms with van der Waals surface area (Å²) in [5.41, 5.74) is 0. The summed E-state index contributed by atoms with van der Waals surface area (Å²) in [6, 6.07) is 1.24. The highest BCUT2D eigenvalue weighted by atomic mass is 35.5. The van der Waals surface area contributed by atoms with Gasteiger partial charge in [-0.1, -0.05) is 6.42 Å². The first-order valence-electron chi connectivity index (χ1n) is 9.87. The number of aryl methyl sites for hydroxylation is 1. The Balaban J connectivity index is 0.00000131. The van der Waals surface area contributed by atoms with Gasteiger partial charge in [0.1, 0.15) is 12.7 Å². The van der Waals surface area contributed by atoms with Crippen molar-refractivity contribution in [1.29, 1.82) is 0 Å². The second-order valence-corrected chi connectivity index (χ2v) is 7.85. The number of piperidine rings is 3. The topological polar surface area (TPSA) is 75.1 Å². The van der Waals surface area contributed by atoms with Crippen molar-refractivity contribution in [2.75, 3.05) is 26.2 Å². The van der Waals surface area contributed by atoms with Crippen molar-refractivity contribution in [2.24, 2.45) is 11.8 Å². The predicted molar refractivity (Wildman–Crippen MR) is 109 cm³/mol. The zero-order chi connectivity index (χ0) is 17.1. The first-order valence-corrected chi connectivity index (χ1v) is 9.87. The normalized spacial score (nSPS) is 29.8. The van der Waals surface area contributed by atoms with E-state index in [0.717, 1.165) is 38.0 Å². The Morgan fingerprint density at radius 2 is 2.07 bits per heavy atom. The molecule has 3 aliphatic rings. The zero-order valence-electron chi connectivity index (χ0n) is 15.8. The molecule has 1 amide bonds. The van der Waals surface area contributed by atoms with Gasteiger partial charge in [-0.2, -0.15) is 5.10 Å². The molecule has 154 valence electrons. The van der Waals surface area contributed by atoms with Crippen LogP contribution in [0.3, 0.4) is 0 Å². The summed E-state index contributed by atoms with van der Waals surface area (Å²) >= 11 is 0. The van der Waals surface area contributed by atoms with Gasteiger partial charge in [0.2, 0.25) is 5.91 Å². The largest absolute Gasteiger partial charge is 0.355 e. The average molecular weight is 419 g/mol. The third-order valence-corrected chi connectivity index (χ3v) is 6.29. The predicted octanol–water partition coefficient (Wildman–Crippen LogP) is 1.48. The zero-order valence-corrected chi connectivity index (χ0v) is 17.4. The lowest BCUT2D eigenvalue weighted by Gasteiger charge is -2.55. The fraction of sp³-hybridized carbons (Fsp3) is 0.833. The molecule has 0 unspecified atom stereocenters. The van der Waals surface area contributed by atoms with E-state index in [1.165, 1.54) is 45.1 Å². The summed E-state index contributed by atoms with van der Waals surface area (Å²) in [5, 5.41) is 10.9. The van der Waals surface area contributed by atoms with Crippen molar-refractivity contribution >= 4 is 30.7 Å². The molecule has 0 spiro atoms. The molecule has 0 radical (unpaired) electrons. The maximum atomic E-state index is 12.3. The van der Waals surface area contributed by atoms with Gasteiger partial charge in [-0.3, -0.25) is 14.4 Å². The average Bonchev–Trinajstić information content (AvgIpc) is 3.15. The van der Waals surface area contributed by atoms with Gasteiger partial charge in [-0.25, -0.2) is 4.98 Å². The van der Waals surface area contributed by atoms with E-state index < -0.39 is 0 Å². The highest BCUT2D eigenvalue weighted by Crippen LogP contribution is 2.38. The SMILES string of the molecule is Cl.Cl.O=C(CCCn1cncn1)NC[C@H]1[C@@H]2CNC[C@@H](C2)[C@@H]2CCCCN21. The number of carbonyl (C=O) groups excluding carboxylic acids is 1. The number of nitrogens with zero attached hydrogens (tertiary/aromatic N) is 4. The molecule has 9 heteroatoms. The summed E-state index contributed by atoms with van der Waals surface area (Å²) < 4.78 is 1.78. The minimum absolute atomic E-state index is 0. The van der Waals surface area contributed by atoms with E-state index in [4.69, 9.17) is 0 Å². The molecular weight excluding hydrogens is 387 g/mol. The molecule has 2 N–H and O–H groups in total. The number of nitrogens with one attached hydrogen (secondary N) is 2. The summed E-state index contributed by atoms with van der Waals surface area (Å²) in [7, 11) is 0. The Kier molecular flexibility index (Phi) is 8.79. The van der Waals surface area contributed by atoms with Crippen LogP contribution >= 0.6 is 24.8 Å². The number of fused-ring (bicyclic) bond motifs is 4. The van der Waals surface area contributed by atoms with Gasteiger partial charge in [-0.15, -0.1) is 24.8 Å². The third kappa shape index (κ3) is 5.34. The Bertz CT molecular complexity index is 572. The highest BCUT2D eigenvalue weighted by molar-refractivity contribution is 5.85. The molecule has 2 bridgehead atoms. The molecule has 4 heterocycles. The molecule has 0 aliphatic carbocycles. The van der Waals surface area contributed by atoms with Crippen LogP contribution in [0.2, 0.25) is 0 Å². The fourth-order valence-electron chi connectivity index (χ4n) is 5.10. The first kappa shape index (κ1) is 22.4. The van der Waals surface area contributed by atoms with Gasteiger partial charge >= 0.3 is 0 Å². The van der Waals surface area contributed by atoms with E-state index in [9.17, 15) is 4.79 Å². The molecule has 3 saturated heterocycles. The lowest BCUT2D eigenvalue weighted by molar-refractivity contribution is -0.122. The first-order chi connectivity index (χ1) is 12.3. The number of hydrogen-bond donors (Lipinski definition) is 2. The van der Waals surface area contributed by atoms with Gasteiger partial charge in [0.25, 0.3) is 0 Å². The van der Waals surface area contributed by atoms with Gasteiger partial charge in [-0.05, 0) is 57.2 Å². The van der Waals surface area contributed by atoms with Crippen molar-refractivity contribution in [1.82, 2.24) is 30.3 Å². The van der Waals surface area contributed by atoms with Gasteiger partial charge in [0.15, 0.2) is 0 Å². The smallest absolute Gasteiger partial charge is 0.220 e. The van der Waals surface area contributed by atoms with Crippen molar-refractivity contribution in [3.8, 4) is 0 Å². The molecule has 1 aromatic rings. The van der Waals surface area contributed by atoms with Crippen LogP contribution in [0.15, 0.2) is 12.7 Å². The van der Waals surface area contributed by atoms with Gasteiger partial charge < -0.3 is 10.6 Å². The van der Waals surface area contributed by atoms with E-state index in [2.05, 4.69) is 25.6 Å². The summed E-state index contributed by atoms with van der Waals surface area (Å²) in [6.45, 7) is 5.05. The van der Waals surface area contributed by atoms with Crippen LogP contribution in [0.25, 0.3) is 0 Å². The van der Waals surface area contributed by atoms with Crippen LogP contribution in [0.5, 0.6) is 0 Å². The second-order valence-electron chi connectivity index (χ2n) is 7.85. The van der Waals surface area contributed by atoms with E-state index in [0.29, 0.717) is 18.4 Å². The quantitative estimate of drug-likeness (QED) is 0.731. The molecule has 4 rings (SSSR count). The minimum atomic E-state index is 0. The maximum Gasteiger partial charge on any atom is 0.220 e. The molecular formula is C18H32Cl2N6O. The van der Waals surface area contributed by atoms with Crippen LogP contribution in [0.4, 0.5) is 0 Å². The standard InChI is InChI=1S/C18H30N6O.2ClH/c25-18(5-3-6-23-13-20-12-22-23)21-11-17-15-8-14(9-19-10-15)16-4-1-2-7-24(16)17;;/h12-17,19H,1-11H2,(H,21,25);2*1H/t14-,15+,16+,17+;;/m1../s1. The van der Waals surface area contributed by atoms with Gasteiger partial charge in [0.05, 0.1) is 0 Å². The minimum Gasteiger partial charge on any atom is -0.355 e. The summed E-state index contributed by atoms with van der Waals surface area (Å²) in [6.07, 6.45) is 9.94. The second kappa shape index (κ2) is 10.6. The third-order valence-electron chi connectivity index (χ3n) is 6.29. The lowest BCUT2D eigenvalue weighted by atomic mass is 9.73. The molecule has 7 nitrogen and oxygen atoms in total. The van der Waals surface area contributed by atoms with Crippen molar-refractivity contribution in [3.05, 3.63) is 12.7 Å². The maximum absolute atomic E-state index is 12.3. The molecule has 3 fully saturated rings. The summed E-state index contributed by atoms with van der Waals surface area (Å²) in [4.78, 5) is 18.9. The Labute approximate surface area is 173 Å². The highest BCUT2D eigenvalue weighted by Gasteiger charge is 2.45. The Morgan fingerprint density at radius 1 is 1.22 bits per heavy atom. The monoisotopic (exact) mass is 418 g/mol. The van der Waals surface area contributed by atoms with Crippen molar-refractivity contribution in [2.45, 2.75) is 57.2 Å². The number of rotatable bonds is 6. The molecule has 3 aliphatic heterocycles. The van der Waals surface area contributed by atoms with E-state index in [1.54, 1.807) is 11.0 Å². The number of carbonyl (C=O) groups is 1. The number of aromatic nitrogens is 3. The lowest BCUT2D eigenvalue weighted by Crippen LogP contribution is -2.65. The number of halogens is 2. The fourth-order valence-corrected chi connectivity index (χ4v) is 5.10. The van der Waals surface area contributed by atoms with Crippen LogP contribution in [-0.2, 0) is 11.3 Å². The van der Waals surface area contributed by atoms with Gasteiger partial charge in [0, 0.05) is 31.6 Å². The van der Waals surface area contributed by atoms with E-state index >= 15 is 0 Å².